The van der Waals surface area contributed by atoms with Crippen LogP contribution in [0.4, 0.5) is 10.1 Å². The van der Waals surface area contributed by atoms with Crippen LogP contribution in [0.2, 0.25) is 0 Å². The lowest BCUT2D eigenvalue weighted by Crippen LogP contribution is -2.48. The summed E-state index contributed by atoms with van der Waals surface area (Å²) < 4.78 is 46.4. The normalized spacial score (nSPS) is 15.7. The van der Waals surface area contributed by atoms with E-state index in [9.17, 15) is 17.6 Å². The molecule has 0 aliphatic carbocycles. The summed E-state index contributed by atoms with van der Waals surface area (Å²) in [7, 11) is -3.83. The predicted octanol–water partition coefficient (Wildman–Crippen LogP) is 1.68. The second-order valence-corrected chi connectivity index (χ2v) is 8.14. The van der Waals surface area contributed by atoms with Gasteiger partial charge >= 0.3 is 0 Å². The standard InChI is InChI=1S/C18H17FN4O4S/c19-13-3-1-2-4-15(13)22-9-11-23(12-10-22)28(25,26)18-8-6-16(27-18)14-5-7-17(24)21-20-14/h1-8H,9-12H2,(H,21,24). The number of rotatable bonds is 4. The smallest absolute Gasteiger partial charge is 0.276 e. The number of halogens is 1. The van der Waals surface area contributed by atoms with Gasteiger partial charge in [0.05, 0.1) is 5.69 Å². The SMILES string of the molecule is O=c1ccc(-c2ccc(S(=O)(=O)N3CCN(c4ccccc4F)CC3)o2)n[nH]1. The zero-order chi connectivity index (χ0) is 19.7. The molecule has 28 heavy (non-hydrogen) atoms. The Morgan fingerprint density at radius 2 is 1.75 bits per heavy atom. The van der Waals surface area contributed by atoms with Gasteiger partial charge in [0.1, 0.15) is 11.5 Å². The van der Waals surface area contributed by atoms with Crippen LogP contribution in [0.1, 0.15) is 0 Å². The molecular formula is C18H17FN4O4S. The van der Waals surface area contributed by atoms with E-state index in [-0.39, 0.29) is 35.3 Å². The fraction of sp³-hybridized carbons (Fsp3) is 0.222. The summed E-state index contributed by atoms with van der Waals surface area (Å²) in [4.78, 5) is 12.9. The Labute approximate surface area is 160 Å². The van der Waals surface area contributed by atoms with Gasteiger partial charge in [0.25, 0.3) is 15.6 Å². The maximum Gasteiger partial charge on any atom is 0.276 e. The van der Waals surface area contributed by atoms with Crippen molar-refractivity contribution >= 4 is 15.7 Å². The Hall–Kier alpha value is -2.98. The predicted molar refractivity (Wildman–Crippen MR) is 99.9 cm³/mol. The molecule has 1 N–H and O–H groups in total. The lowest BCUT2D eigenvalue weighted by atomic mass is 10.2. The van der Waals surface area contributed by atoms with E-state index in [1.807, 2.05) is 4.90 Å². The number of sulfonamides is 1. The Balaban J connectivity index is 1.50. The summed E-state index contributed by atoms with van der Waals surface area (Å²) in [6.07, 6.45) is 0. The quantitative estimate of drug-likeness (QED) is 0.710. The second-order valence-electron chi connectivity index (χ2n) is 6.27. The summed E-state index contributed by atoms with van der Waals surface area (Å²) in [5.41, 5.74) is 0.422. The van der Waals surface area contributed by atoms with E-state index in [1.165, 1.54) is 34.6 Å². The van der Waals surface area contributed by atoms with Gasteiger partial charge in [-0.05, 0) is 30.3 Å². The van der Waals surface area contributed by atoms with Crippen molar-refractivity contribution < 1.29 is 17.2 Å². The van der Waals surface area contributed by atoms with Gasteiger partial charge in [-0.25, -0.2) is 17.9 Å². The van der Waals surface area contributed by atoms with E-state index in [0.717, 1.165) is 0 Å². The van der Waals surface area contributed by atoms with Crippen molar-refractivity contribution in [3.05, 3.63) is 64.7 Å². The maximum absolute atomic E-state index is 13.9. The molecule has 1 aliphatic rings. The van der Waals surface area contributed by atoms with Gasteiger partial charge in [-0.15, -0.1) is 0 Å². The fourth-order valence-electron chi connectivity index (χ4n) is 3.08. The van der Waals surface area contributed by atoms with Crippen molar-refractivity contribution in [3.8, 4) is 11.5 Å². The fourth-order valence-corrected chi connectivity index (χ4v) is 4.42. The molecule has 0 spiro atoms. The lowest BCUT2D eigenvalue weighted by Gasteiger charge is -2.35. The number of nitrogens with one attached hydrogen (secondary N) is 1. The van der Waals surface area contributed by atoms with E-state index >= 15 is 0 Å². The largest absolute Gasteiger partial charge is 0.442 e. The molecule has 10 heteroatoms. The highest BCUT2D eigenvalue weighted by Crippen LogP contribution is 2.26. The first-order valence-corrected chi connectivity index (χ1v) is 10.0. The molecule has 0 atom stereocenters. The first-order chi connectivity index (χ1) is 13.4. The molecule has 1 aliphatic heterocycles. The number of aromatic nitrogens is 2. The van der Waals surface area contributed by atoms with Crippen molar-refractivity contribution in [2.24, 2.45) is 0 Å². The van der Waals surface area contributed by atoms with E-state index in [4.69, 9.17) is 4.42 Å². The van der Waals surface area contributed by atoms with E-state index in [1.54, 1.807) is 18.2 Å². The van der Waals surface area contributed by atoms with Crippen molar-refractivity contribution in [1.82, 2.24) is 14.5 Å². The molecule has 0 unspecified atom stereocenters. The van der Waals surface area contributed by atoms with E-state index in [2.05, 4.69) is 10.2 Å². The van der Waals surface area contributed by atoms with Crippen LogP contribution in [-0.2, 0) is 10.0 Å². The third-order valence-electron chi connectivity index (χ3n) is 4.54. The molecule has 8 nitrogen and oxygen atoms in total. The molecule has 3 heterocycles. The Morgan fingerprint density at radius 1 is 1.00 bits per heavy atom. The minimum Gasteiger partial charge on any atom is -0.442 e. The Morgan fingerprint density at radius 3 is 2.43 bits per heavy atom. The number of H-pyrrole nitrogens is 1. The van der Waals surface area contributed by atoms with Crippen LogP contribution in [0.3, 0.4) is 0 Å². The zero-order valence-corrected chi connectivity index (χ0v) is 15.5. The van der Waals surface area contributed by atoms with Crippen LogP contribution in [0.5, 0.6) is 0 Å². The summed E-state index contributed by atoms with van der Waals surface area (Å²) in [6.45, 7) is 1.16. The third kappa shape index (κ3) is 3.43. The number of benzene rings is 1. The Bertz CT molecular complexity index is 1130. The number of nitrogens with zero attached hydrogens (tertiary/aromatic N) is 3. The van der Waals surface area contributed by atoms with E-state index in [0.29, 0.717) is 24.5 Å². The van der Waals surface area contributed by atoms with Gasteiger partial charge in [0, 0.05) is 32.2 Å². The molecule has 2 aromatic heterocycles. The van der Waals surface area contributed by atoms with Crippen molar-refractivity contribution in [2.75, 3.05) is 31.1 Å². The van der Waals surface area contributed by atoms with Gasteiger partial charge < -0.3 is 9.32 Å². The molecule has 1 aromatic carbocycles. The number of aromatic amines is 1. The molecule has 4 rings (SSSR count). The van der Waals surface area contributed by atoms with Gasteiger partial charge in [-0.2, -0.15) is 9.40 Å². The summed E-state index contributed by atoms with van der Waals surface area (Å²) >= 11 is 0. The van der Waals surface area contributed by atoms with Crippen LogP contribution in [-0.4, -0.2) is 49.1 Å². The number of anilines is 1. The molecule has 0 amide bonds. The lowest BCUT2D eigenvalue weighted by molar-refractivity contribution is 0.362. The molecule has 1 fully saturated rings. The van der Waals surface area contributed by atoms with Gasteiger partial charge in [0.15, 0.2) is 5.76 Å². The van der Waals surface area contributed by atoms with Crippen LogP contribution < -0.4 is 10.5 Å². The maximum atomic E-state index is 13.9. The zero-order valence-electron chi connectivity index (χ0n) is 14.7. The highest BCUT2D eigenvalue weighted by atomic mass is 32.2. The van der Waals surface area contributed by atoms with E-state index < -0.39 is 10.0 Å². The topological polar surface area (TPSA) is 99.5 Å². The number of piperazine rings is 1. The molecule has 146 valence electrons. The summed E-state index contributed by atoms with van der Waals surface area (Å²) in [6, 6.07) is 12.0. The third-order valence-corrected chi connectivity index (χ3v) is 6.31. The molecule has 0 radical (unpaired) electrons. The number of hydrogen-bond donors (Lipinski definition) is 1. The minimum atomic E-state index is -3.83. The highest BCUT2D eigenvalue weighted by molar-refractivity contribution is 7.89. The minimum absolute atomic E-state index is 0.199. The van der Waals surface area contributed by atoms with Crippen molar-refractivity contribution in [2.45, 2.75) is 5.09 Å². The molecular weight excluding hydrogens is 387 g/mol. The summed E-state index contributed by atoms with van der Waals surface area (Å²) in [5.74, 6) is -0.0947. The van der Waals surface area contributed by atoms with Crippen LogP contribution in [0.15, 0.2) is 62.8 Å². The first-order valence-electron chi connectivity index (χ1n) is 8.61. The van der Waals surface area contributed by atoms with Crippen LogP contribution in [0.25, 0.3) is 11.5 Å². The van der Waals surface area contributed by atoms with Gasteiger partial charge in [-0.3, -0.25) is 4.79 Å². The van der Waals surface area contributed by atoms with Gasteiger partial charge in [0.2, 0.25) is 5.09 Å². The number of hydrogen-bond acceptors (Lipinski definition) is 6. The average molecular weight is 404 g/mol. The van der Waals surface area contributed by atoms with Crippen molar-refractivity contribution in [1.29, 1.82) is 0 Å². The van der Waals surface area contributed by atoms with Crippen LogP contribution >= 0.6 is 0 Å². The van der Waals surface area contributed by atoms with Gasteiger partial charge in [-0.1, -0.05) is 12.1 Å². The first kappa shape index (κ1) is 18.4. The van der Waals surface area contributed by atoms with Crippen LogP contribution in [0, 0.1) is 5.82 Å². The molecule has 0 saturated carbocycles. The monoisotopic (exact) mass is 404 g/mol. The molecule has 0 bridgehead atoms. The summed E-state index contributed by atoms with van der Waals surface area (Å²) in [5, 5.41) is 5.90. The second kappa shape index (κ2) is 7.21. The number of para-hydroxylation sites is 1. The average Bonchev–Trinajstić information content (AvgIpc) is 3.20. The van der Waals surface area contributed by atoms with Crippen molar-refractivity contribution in [3.63, 3.8) is 0 Å². The molecule has 3 aromatic rings. The Kier molecular flexibility index (Phi) is 4.73. The number of furan rings is 1. The molecule has 1 saturated heterocycles. The highest BCUT2D eigenvalue weighted by Gasteiger charge is 2.31.